The van der Waals surface area contributed by atoms with Crippen molar-refractivity contribution in [3.8, 4) is 0 Å². The minimum atomic E-state index is -2.51. The van der Waals surface area contributed by atoms with E-state index < -0.39 is 5.92 Å². The highest BCUT2D eigenvalue weighted by Crippen LogP contribution is 2.41. The van der Waals surface area contributed by atoms with Crippen LogP contribution in [0.5, 0.6) is 0 Å². The number of hydrogen-bond acceptors (Lipinski definition) is 2. The standard InChI is InChI=1S/C12H19F2N3/c1-15-10(11-16-6-7-17(11)2)9-4-3-5-12(13,14)8-9/h6-7,9-10,15H,3-5,8H2,1-2H3. The Balaban J connectivity index is 2.16. The van der Waals surface area contributed by atoms with E-state index in [9.17, 15) is 8.78 Å². The van der Waals surface area contributed by atoms with Crippen molar-refractivity contribution in [1.82, 2.24) is 14.9 Å². The number of aryl methyl sites for hydroxylation is 1. The Morgan fingerprint density at radius 3 is 2.88 bits per heavy atom. The van der Waals surface area contributed by atoms with E-state index in [1.807, 2.05) is 24.9 Å². The first-order valence-electron chi connectivity index (χ1n) is 6.06. The Morgan fingerprint density at radius 2 is 2.35 bits per heavy atom. The Bertz CT molecular complexity index is 376. The second kappa shape index (κ2) is 4.72. The molecule has 0 amide bonds. The molecule has 1 saturated carbocycles. The molecule has 0 aliphatic heterocycles. The minimum Gasteiger partial charge on any atom is -0.337 e. The molecule has 1 fully saturated rings. The lowest BCUT2D eigenvalue weighted by atomic mass is 9.81. The zero-order valence-electron chi connectivity index (χ0n) is 10.3. The largest absolute Gasteiger partial charge is 0.337 e. The molecular formula is C12H19F2N3. The summed E-state index contributed by atoms with van der Waals surface area (Å²) < 4.78 is 28.8. The Hall–Kier alpha value is -0.970. The van der Waals surface area contributed by atoms with E-state index in [2.05, 4.69) is 10.3 Å². The molecule has 0 aromatic carbocycles. The van der Waals surface area contributed by atoms with Gasteiger partial charge in [-0.1, -0.05) is 0 Å². The summed E-state index contributed by atoms with van der Waals surface area (Å²) in [7, 11) is 3.71. The zero-order valence-corrected chi connectivity index (χ0v) is 10.3. The summed E-state index contributed by atoms with van der Waals surface area (Å²) in [5.41, 5.74) is 0. The molecule has 17 heavy (non-hydrogen) atoms. The maximum atomic E-state index is 13.4. The molecule has 0 saturated heterocycles. The molecule has 96 valence electrons. The molecule has 0 radical (unpaired) electrons. The molecule has 3 nitrogen and oxygen atoms in total. The van der Waals surface area contributed by atoms with E-state index in [0.29, 0.717) is 6.42 Å². The van der Waals surface area contributed by atoms with Crippen LogP contribution >= 0.6 is 0 Å². The summed E-state index contributed by atoms with van der Waals surface area (Å²) in [6.07, 6.45) is 4.99. The highest BCUT2D eigenvalue weighted by molar-refractivity contribution is 5.02. The van der Waals surface area contributed by atoms with Crippen LogP contribution in [0, 0.1) is 5.92 Å². The van der Waals surface area contributed by atoms with Crippen LogP contribution in [0.15, 0.2) is 12.4 Å². The van der Waals surface area contributed by atoms with Gasteiger partial charge in [0.15, 0.2) is 0 Å². The van der Waals surface area contributed by atoms with Gasteiger partial charge >= 0.3 is 0 Å². The SMILES string of the molecule is CNC(c1nccn1C)C1CCCC(F)(F)C1. The summed E-state index contributed by atoms with van der Waals surface area (Å²) in [4.78, 5) is 4.27. The number of alkyl halides is 2. The molecule has 2 rings (SSSR count). The summed E-state index contributed by atoms with van der Waals surface area (Å²) in [5.74, 6) is -1.71. The van der Waals surface area contributed by atoms with Crippen molar-refractivity contribution in [2.24, 2.45) is 13.0 Å². The molecule has 1 aromatic heterocycles. The van der Waals surface area contributed by atoms with E-state index in [-0.39, 0.29) is 24.8 Å². The number of aromatic nitrogens is 2. The van der Waals surface area contributed by atoms with Gasteiger partial charge in [0.05, 0.1) is 6.04 Å². The molecule has 5 heteroatoms. The van der Waals surface area contributed by atoms with Crippen molar-refractivity contribution < 1.29 is 8.78 Å². The number of hydrogen-bond donors (Lipinski definition) is 1. The van der Waals surface area contributed by atoms with Crippen molar-refractivity contribution in [2.45, 2.75) is 37.6 Å². The third-order valence-corrected chi connectivity index (χ3v) is 3.60. The highest BCUT2D eigenvalue weighted by Gasteiger charge is 2.40. The number of rotatable bonds is 3. The average Bonchev–Trinajstić information content (AvgIpc) is 2.65. The van der Waals surface area contributed by atoms with Crippen LogP contribution < -0.4 is 5.32 Å². The lowest BCUT2D eigenvalue weighted by molar-refractivity contribution is -0.0585. The molecular weight excluding hydrogens is 224 g/mol. The van der Waals surface area contributed by atoms with E-state index in [0.717, 1.165) is 12.2 Å². The van der Waals surface area contributed by atoms with Crippen LogP contribution in [0.1, 0.15) is 37.5 Å². The minimum absolute atomic E-state index is 0.0283. The molecule has 2 unspecified atom stereocenters. The first kappa shape index (κ1) is 12.5. The van der Waals surface area contributed by atoms with Crippen molar-refractivity contribution in [2.75, 3.05) is 7.05 Å². The third-order valence-electron chi connectivity index (χ3n) is 3.60. The fourth-order valence-electron chi connectivity index (χ4n) is 2.75. The van der Waals surface area contributed by atoms with Crippen LogP contribution in [0.2, 0.25) is 0 Å². The average molecular weight is 243 g/mol. The van der Waals surface area contributed by atoms with E-state index in [4.69, 9.17) is 0 Å². The first-order valence-corrected chi connectivity index (χ1v) is 6.06. The van der Waals surface area contributed by atoms with Gasteiger partial charge in [0.25, 0.3) is 0 Å². The Labute approximate surface area is 100 Å². The van der Waals surface area contributed by atoms with E-state index in [1.54, 1.807) is 6.20 Å². The maximum absolute atomic E-state index is 13.4. The maximum Gasteiger partial charge on any atom is 0.248 e. The van der Waals surface area contributed by atoms with Gasteiger partial charge in [0.1, 0.15) is 5.82 Å². The van der Waals surface area contributed by atoms with Crippen LogP contribution in [0.4, 0.5) is 8.78 Å². The fourth-order valence-corrected chi connectivity index (χ4v) is 2.75. The summed E-state index contributed by atoms with van der Waals surface area (Å²) in [6.45, 7) is 0. The third kappa shape index (κ3) is 2.65. The van der Waals surface area contributed by atoms with Crippen molar-refractivity contribution in [3.63, 3.8) is 0 Å². The first-order chi connectivity index (χ1) is 8.03. The van der Waals surface area contributed by atoms with Crippen LogP contribution in [0.25, 0.3) is 0 Å². The van der Waals surface area contributed by atoms with Gasteiger partial charge in [-0.25, -0.2) is 13.8 Å². The van der Waals surface area contributed by atoms with E-state index in [1.165, 1.54) is 0 Å². The predicted octanol–water partition coefficient (Wildman–Crippen LogP) is 2.51. The normalized spacial score (nSPS) is 25.8. The van der Waals surface area contributed by atoms with Crippen molar-refractivity contribution in [3.05, 3.63) is 18.2 Å². The number of nitrogens with one attached hydrogen (secondary N) is 1. The van der Waals surface area contributed by atoms with Gasteiger partial charge < -0.3 is 9.88 Å². The molecule has 0 bridgehead atoms. The lowest BCUT2D eigenvalue weighted by Gasteiger charge is -2.33. The Kier molecular flexibility index (Phi) is 3.47. The van der Waals surface area contributed by atoms with Crippen LogP contribution in [-0.2, 0) is 7.05 Å². The van der Waals surface area contributed by atoms with Gasteiger partial charge in [-0.05, 0) is 25.8 Å². The van der Waals surface area contributed by atoms with Gasteiger partial charge in [0.2, 0.25) is 5.92 Å². The Morgan fingerprint density at radius 1 is 1.59 bits per heavy atom. The second-order valence-corrected chi connectivity index (χ2v) is 4.88. The lowest BCUT2D eigenvalue weighted by Crippen LogP contribution is -2.35. The highest BCUT2D eigenvalue weighted by atomic mass is 19.3. The van der Waals surface area contributed by atoms with Gasteiger partial charge in [-0.2, -0.15) is 0 Å². The molecule has 1 heterocycles. The zero-order chi connectivity index (χ0) is 12.5. The molecule has 1 aliphatic carbocycles. The monoisotopic (exact) mass is 243 g/mol. The molecule has 1 N–H and O–H groups in total. The topological polar surface area (TPSA) is 29.9 Å². The van der Waals surface area contributed by atoms with Gasteiger partial charge in [-0.15, -0.1) is 0 Å². The molecule has 1 aromatic rings. The quantitative estimate of drug-likeness (QED) is 0.884. The molecule has 2 atom stereocenters. The van der Waals surface area contributed by atoms with Gasteiger partial charge in [0, 0.05) is 32.3 Å². The molecule has 1 aliphatic rings. The number of halogens is 2. The fraction of sp³-hybridized carbons (Fsp3) is 0.750. The van der Waals surface area contributed by atoms with Crippen molar-refractivity contribution >= 4 is 0 Å². The van der Waals surface area contributed by atoms with E-state index >= 15 is 0 Å². The molecule has 0 spiro atoms. The summed E-state index contributed by atoms with van der Waals surface area (Å²) in [6, 6.07) is -0.0822. The summed E-state index contributed by atoms with van der Waals surface area (Å²) in [5, 5.41) is 3.14. The van der Waals surface area contributed by atoms with Crippen LogP contribution in [-0.4, -0.2) is 22.5 Å². The summed E-state index contributed by atoms with van der Waals surface area (Å²) >= 11 is 0. The van der Waals surface area contributed by atoms with Crippen LogP contribution in [0.3, 0.4) is 0 Å². The van der Waals surface area contributed by atoms with Gasteiger partial charge in [-0.3, -0.25) is 0 Å². The second-order valence-electron chi connectivity index (χ2n) is 4.88. The smallest absolute Gasteiger partial charge is 0.248 e. The predicted molar refractivity (Wildman–Crippen MR) is 61.9 cm³/mol. The van der Waals surface area contributed by atoms with Crippen molar-refractivity contribution in [1.29, 1.82) is 0 Å². The number of nitrogens with zero attached hydrogens (tertiary/aromatic N) is 2. The number of imidazole rings is 1.